The van der Waals surface area contributed by atoms with Crippen LogP contribution in [0.3, 0.4) is 0 Å². The van der Waals surface area contributed by atoms with Crippen molar-refractivity contribution in [2.45, 2.75) is 49.5 Å². The summed E-state index contributed by atoms with van der Waals surface area (Å²) >= 11 is 6.26. The van der Waals surface area contributed by atoms with E-state index in [0.717, 1.165) is 30.1 Å². The zero-order valence-electron chi connectivity index (χ0n) is 14.7. The molecule has 2 unspecified atom stereocenters. The molecule has 0 radical (unpaired) electrons. The Morgan fingerprint density at radius 3 is 2.56 bits per heavy atom. The van der Waals surface area contributed by atoms with Crippen LogP contribution in [-0.4, -0.2) is 50.2 Å². The third kappa shape index (κ3) is 3.57. The molecule has 0 spiro atoms. The summed E-state index contributed by atoms with van der Waals surface area (Å²) in [4.78, 5) is 15.2. The number of sulfonamides is 1. The Labute approximate surface area is 155 Å². The molecule has 1 aliphatic heterocycles. The number of nitrogens with zero attached hydrogens (tertiary/aromatic N) is 2. The van der Waals surface area contributed by atoms with Gasteiger partial charge in [-0.1, -0.05) is 24.4 Å². The van der Waals surface area contributed by atoms with Gasteiger partial charge in [0.2, 0.25) is 10.0 Å². The van der Waals surface area contributed by atoms with Gasteiger partial charge in [0.15, 0.2) is 0 Å². The molecule has 0 bridgehead atoms. The molecule has 1 amide bonds. The van der Waals surface area contributed by atoms with Crippen molar-refractivity contribution in [1.29, 1.82) is 0 Å². The second-order valence-electron chi connectivity index (χ2n) is 7.18. The average Bonchev–Trinajstić information content (AvgIpc) is 2.60. The van der Waals surface area contributed by atoms with E-state index in [0.29, 0.717) is 10.9 Å². The first-order chi connectivity index (χ1) is 11.8. The van der Waals surface area contributed by atoms with Crippen LogP contribution in [-0.2, 0) is 10.0 Å². The lowest BCUT2D eigenvalue weighted by Gasteiger charge is -2.44. The normalized spacial score (nSPS) is 24.2. The van der Waals surface area contributed by atoms with E-state index >= 15 is 0 Å². The van der Waals surface area contributed by atoms with Gasteiger partial charge >= 0.3 is 0 Å². The number of piperidine rings is 1. The fourth-order valence-electron chi connectivity index (χ4n) is 4.07. The molecule has 0 aromatic heterocycles. The highest BCUT2D eigenvalue weighted by atomic mass is 35.5. The van der Waals surface area contributed by atoms with E-state index in [2.05, 4.69) is 0 Å². The Hall–Kier alpha value is -1.11. The number of benzene rings is 1. The summed E-state index contributed by atoms with van der Waals surface area (Å²) in [5, 5.41) is 0.306. The van der Waals surface area contributed by atoms with Crippen LogP contribution in [0.1, 0.15) is 48.9 Å². The highest BCUT2D eigenvalue weighted by Crippen LogP contribution is 2.36. The van der Waals surface area contributed by atoms with Gasteiger partial charge in [0.05, 0.1) is 15.5 Å². The van der Waals surface area contributed by atoms with Crippen LogP contribution in [0.2, 0.25) is 5.02 Å². The van der Waals surface area contributed by atoms with Crippen molar-refractivity contribution in [3.05, 3.63) is 28.8 Å². The maximum Gasteiger partial charge on any atom is 0.255 e. The van der Waals surface area contributed by atoms with Gasteiger partial charge in [-0.3, -0.25) is 4.79 Å². The van der Waals surface area contributed by atoms with Crippen LogP contribution in [0.25, 0.3) is 0 Å². The van der Waals surface area contributed by atoms with Crippen LogP contribution < -0.4 is 0 Å². The molecular formula is C18H25ClN2O3S. The first-order valence-corrected chi connectivity index (χ1v) is 10.7. The smallest absolute Gasteiger partial charge is 0.255 e. The van der Waals surface area contributed by atoms with Crippen LogP contribution in [0, 0.1) is 5.92 Å². The number of fused-ring (bicyclic) bond motifs is 1. The highest BCUT2D eigenvalue weighted by Gasteiger charge is 2.36. The Kier molecular flexibility index (Phi) is 5.42. The molecule has 5 nitrogen and oxygen atoms in total. The lowest BCUT2D eigenvalue weighted by molar-refractivity contribution is 0.0390. The summed E-state index contributed by atoms with van der Waals surface area (Å²) in [5.41, 5.74) is 0.288. The van der Waals surface area contributed by atoms with Crippen molar-refractivity contribution in [1.82, 2.24) is 9.21 Å². The summed E-state index contributed by atoms with van der Waals surface area (Å²) in [7, 11) is -0.650. The van der Waals surface area contributed by atoms with Gasteiger partial charge in [0, 0.05) is 26.7 Å². The predicted molar refractivity (Wildman–Crippen MR) is 98.3 cm³/mol. The quantitative estimate of drug-likeness (QED) is 0.802. The van der Waals surface area contributed by atoms with Crippen molar-refractivity contribution in [2.75, 3.05) is 20.6 Å². The molecule has 7 heteroatoms. The largest absolute Gasteiger partial charge is 0.335 e. The van der Waals surface area contributed by atoms with E-state index in [1.54, 1.807) is 0 Å². The van der Waals surface area contributed by atoms with Crippen LogP contribution >= 0.6 is 11.6 Å². The molecule has 2 aliphatic rings. The maximum atomic E-state index is 13.2. The zero-order chi connectivity index (χ0) is 18.2. The Balaban J connectivity index is 1.94. The number of hydrogen-bond acceptors (Lipinski definition) is 3. The van der Waals surface area contributed by atoms with E-state index in [-0.39, 0.29) is 22.4 Å². The predicted octanol–water partition coefficient (Wildman–Crippen LogP) is 3.39. The monoisotopic (exact) mass is 384 g/mol. The van der Waals surface area contributed by atoms with Crippen LogP contribution in [0.4, 0.5) is 0 Å². The molecule has 2 atom stereocenters. The molecule has 1 aromatic carbocycles. The Morgan fingerprint density at radius 1 is 1.16 bits per heavy atom. The average molecular weight is 385 g/mol. The lowest BCUT2D eigenvalue weighted by Crippen LogP contribution is -2.49. The van der Waals surface area contributed by atoms with Gasteiger partial charge in [-0.05, 0) is 49.8 Å². The third-order valence-corrected chi connectivity index (χ3v) is 7.59. The minimum Gasteiger partial charge on any atom is -0.335 e. The van der Waals surface area contributed by atoms with E-state index in [9.17, 15) is 13.2 Å². The van der Waals surface area contributed by atoms with E-state index in [4.69, 9.17) is 11.6 Å². The molecule has 3 rings (SSSR count). The fourth-order valence-corrected chi connectivity index (χ4v) is 5.20. The number of rotatable bonds is 3. The fraction of sp³-hybridized carbons (Fsp3) is 0.611. The van der Waals surface area contributed by atoms with E-state index in [1.165, 1.54) is 51.6 Å². The summed E-state index contributed by atoms with van der Waals surface area (Å²) in [6.07, 6.45) is 6.77. The SMILES string of the molecule is CN(C)S(=O)(=O)c1ccc(Cl)c(C(=O)N2CCCC3CCCCC32)c1. The maximum absolute atomic E-state index is 13.2. The topological polar surface area (TPSA) is 57.7 Å². The molecule has 138 valence electrons. The molecule has 1 heterocycles. The molecule has 0 N–H and O–H groups in total. The zero-order valence-corrected chi connectivity index (χ0v) is 16.3. The Morgan fingerprint density at radius 2 is 1.84 bits per heavy atom. The standard InChI is InChI=1S/C18H25ClN2O3S/c1-20(2)25(23,24)14-9-10-16(19)15(12-14)18(22)21-11-5-7-13-6-3-4-8-17(13)21/h9-10,12-13,17H,3-8,11H2,1-2H3. The van der Waals surface area contributed by atoms with Gasteiger partial charge in [0.25, 0.3) is 5.91 Å². The molecule has 25 heavy (non-hydrogen) atoms. The van der Waals surface area contributed by atoms with Crippen LogP contribution in [0.15, 0.2) is 23.1 Å². The first kappa shape index (κ1) is 18.7. The van der Waals surface area contributed by atoms with Crippen molar-refractivity contribution < 1.29 is 13.2 Å². The summed E-state index contributed by atoms with van der Waals surface area (Å²) in [5.74, 6) is 0.427. The third-order valence-electron chi connectivity index (χ3n) is 5.45. The summed E-state index contributed by atoms with van der Waals surface area (Å²) < 4.78 is 25.9. The lowest BCUT2D eigenvalue weighted by atomic mass is 9.78. The number of halogens is 1. The highest BCUT2D eigenvalue weighted by molar-refractivity contribution is 7.89. The number of amides is 1. The van der Waals surface area contributed by atoms with E-state index < -0.39 is 10.0 Å². The second kappa shape index (κ2) is 7.25. The Bertz CT molecular complexity index is 762. The first-order valence-electron chi connectivity index (χ1n) is 8.85. The van der Waals surface area contributed by atoms with Crippen molar-refractivity contribution in [3.8, 4) is 0 Å². The molecule has 1 aromatic rings. The summed E-state index contributed by atoms with van der Waals surface area (Å²) in [6, 6.07) is 4.65. The number of likely N-dealkylation sites (tertiary alicyclic amines) is 1. The number of hydrogen-bond donors (Lipinski definition) is 0. The van der Waals surface area contributed by atoms with Crippen molar-refractivity contribution in [2.24, 2.45) is 5.92 Å². The molecule has 1 saturated carbocycles. The molecule has 2 fully saturated rings. The van der Waals surface area contributed by atoms with E-state index in [1.807, 2.05) is 4.90 Å². The van der Waals surface area contributed by atoms with Gasteiger partial charge in [0.1, 0.15) is 0 Å². The van der Waals surface area contributed by atoms with Crippen LogP contribution in [0.5, 0.6) is 0 Å². The van der Waals surface area contributed by atoms with Crippen molar-refractivity contribution >= 4 is 27.5 Å². The minimum absolute atomic E-state index is 0.0995. The number of carbonyl (C=O) groups is 1. The van der Waals surface area contributed by atoms with Gasteiger partial charge < -0.3 is 4.90 Å². The van der Waals surface area contributed by atoms with Gasteiger partial charge in [-0.15, -0.1) is 0 Å². The van der Waals surface area contributed by atoms with Crippen molar-refractivity contribution in [3.63, 3.8) is 0 Å². The molecule has 1 saturated heterocycles. The number of carbonyl (C=O) groups excluding carboxylic acids is 1. The summed E-state index contributed by atoms with van der Waals surface area (Å²) in [6.45, 7) is 0.723. The molecule has 1 aliphatic carbocycles. The second-order valence-corrected chi connectivity index (χ2v) is 9.74. The minimum atomic E-state index is -3.60. The van der Waals surface area contributed by atoms with Gasteiger partial charge in [-0.2, -0.15) is 0 Å². The molecular weight excluding hydrogens is 360 g/mol. The van der Waals surface area contributed by atoms with Gasteiger partial charge in [-0.25, -0.2) is 12.7 Å².